The van der Waals surface area contributed by atoms with E-state index < -0.39 is 0 Å². The first-order valence-electron chi connectivity index (χ1n) is 16.2. The fourth-order valence-electron chi connectivity index (χ4n) is 12.1. The van der Waals surface area contributed by atoms with Gasteiger partial charge in [0.2, 0.25) is 0 Å². The molecule has 8 atom stereocenters. The number of aliphatic hydroxyl groups excluding tert-OH is 1. The normalized spacial score (nSPS) is 43.6. The number of aliphatic hydroxyl groups is 1. The van der Waals surface area contributed by atoms with Crippen LogP contribution >= 0.6 is 0 Å². The highest BCUT2D eigenvalue weighted by molar-refractivity contribution is 5.49. The van der Waals surface area contributed by atoms with E-state index in [0.29, 0.717) is 28.6 Å². The summed E-state index contributed by atoms with van der Waals surface area (Å²) in [7, 11) is 0. The van der Waals surface area contributed by atoms with Crippen LogP contribution in [0, 0.1) is 56.7 Å². The molecule has 0 radical (unpaired) electrons. The number of carbonyl (C=O) groups excluding carboxylic acids is 1. The van der Waals surface area contributed by atoms with E-state index in [2.05, 4.69) is 65.1 Å². The zero-order valence-electron chi connectivity index (χ0n) is 25.9. The van der Waals surface area contributed by atoms with Gasteiger partial charge in [0.1, 0.15) is 0 Å². The maximum Gasteiger partial charge on any atom is 0.177 e. The minimum absolute atomic E-state index is 0.116. The molecule has 3 heteroatoms. The third-order valence-electron chi connectivity index (χ3n) is 13.9. The molecule has 5 aliphatic carbocycles. The Labute approximate surface area is 238 Å². The van der Waals surface area contributed by atoms with Gasteiger partial charge in [-0.3, -0.25) is 0 Å². The molecule has 0 aromatic carbocycles. The second-order valence-electron chi connectivity index (χ2n) is 16.2. The zero-order chi connectivity index (χ0) is 28.3. The molecular weight excluding hydrogens is 478 g/mol. The minimum Gasteiger partial charge on any atom is -0.502 e. The third kappa shape index (κ3) is 4.46. The average Bonchev–Trinajstić information content (AvgIpc) is 3.38. The molecule has 5 rings (SSSR count). The molecule has 0 spiro atoms. The highest BCUT2D eigenvalue weighted by atomic mass is 16.3. The quantitative estimate of drug-likeness (QED) is 0.146. The lowest BCUT2D eigenvalue weighted by atomic mass is 9.32. The molecule has 7 unspecified atom stereocenters. The Balaban J connectivity index is 1.43. The van der Waals surface area contributed by atoms with E-state index in [4.69, 9.17) is 0 Å². The monoisotopic (exact) mass is 533 g/mol. The molecule has 0 heterocycles. The van der Waals surface area contributed by atoms with Crippen molar-refractivity contribution in [1.82, 2.24) is 0 Å². The Hall–Kier alpha value is -1.56. The summed E-state index contributed by atoms with van der Waals surface area (Å²) in [6, 6.07) is 0. The number of aliphatic imine (C=N–C) groups is 1. The van der Waals surface area contributed by atoms with Gasteiger partial charge in [0.25, 0.3) is 0 Å². The first-order chi connectivity index (χ1) is 18.3. The number of allylic oxidation sites excluding steroid dienone is 3. The fraction of sp³-hybridized carbons (Fsp3) is 0.833. The van der Waals surface area contributed by atoms with Crippen LogP contribution in [0.15, 0.2) is 29.0 Å². The summed E-state index contributed by atoms with van der Waals surface area (Å²) in [5.41, 5.74) is 2.82. The van der Waals surface area contributed by atoms with E-state index in [-0.39, 0.29) is 16.6 Å². The van der Waals surface area contributed by atoms with Crippen molar-refractivity contribution >= 4 is 11.8 Å². The molecular formula is C36H55NO2. The van der Waals surface area contributed by atoms with E-state index >= 15 is 0 Å². The van der Waals surface area contributed by atoms with Crippen LogP contribution in [0.25, 0.3) is 0 Å². The molecule has 4 fully saturated rings. The van der Waals surface area contributed by atoms with Gasteiger partial charge in [-0.2, -0.15) is 0 Å². The Morgan fingerprint density at radius 1 is 1.05 bits per heavy atom. The summed E-state index contributed by atoms with van der Waals surface area (Å²) in [6.07, 6.45) is 19.1. The SMILES string of the molecule is C=C=NCC[C@]1(C)C(C2CCCC2)CCC2C3(C)CCC4C(CC(C)(C)CC(O)=C=O)=CC4(C)C3CCC21C. The summed E-state index contributed by atoms with van der Waals surface area (Å²) in [5.74, 6) is 8.33. The van der Waals surface area contributed by atoms with Crippen LogP contribution < -0.4 is 0 Å². The van der Waals surface area contributed by atoms with Crippen LogP contribution in [0.1, 0.15) is 125 Å². The van der Waals surface area contributed by atoms with Crippen LogP contribution in [-0.4, -0.2) is 23.5 Å². The molecule has 0 amide bonds. The molecule has 39 heavy (non-hydrogen) atoms. The lowest BCUT2D eigenvalue weighted by molar-refractivity contribution is -0.220. The smallest absolute Gasteiger partial charge is 0.177 e. The van der Waals surface area contributed by atoms with E-state index in [1.807, 2.05) is 0 Å². The lowest BCUT2D eigenvalue weighted by Crippen LogP contribution is -2.65. The number of hydrogen-bond acceptors (Lipinski definition) is 3. The van der Waals surface area contributed by atoms with E-state index in [9.17, 15) is 9.90 Å². The van der Waals surface area contributed by atoms with Crippen LogP contribution in [0.4, 0.5) is 0 Å². The van der Waals surface area contributed by atoms with Gasteiger partial charge in [0.05, 0.1) is 0 Å². The third-order valence-corrected chi connectivity index (χ3v) is 13.9. The van der Waals surface area contributed by atoms with Crippen molar-refractivity contribution < 1.29 is 9.90 Å². The van der Waals surface area contributed by atoms with Crippen molar-refractivity contribution in [2.24, 2.45) is 61.7 Å². The Morgan fingerprint density at radius 3 is 2.44 bits per heavy atom. The Morgan fingerprint density at radius 2 is 1.77 bits per heavy atom. The molecule has 0 aliphatic heterocycles. The predicted molar refractivity (Wildman–Crippen MR) is 162 cm³/mol. The number of fused-ring (bicyclic) bond motifs is 5. The highest BCUT2D eigenvalue weighted by Crippen LogP contribution is 2.76. The molecule has 0 bridgehead atoms. The number of rotatable bonds is 8. The Bertz CT molecular complexity index is 1090. The van der Waals surface area contributed by atoms with Gasteiger partial charge in [-0.15, -0.1) is 0 Å². The minimum atomic E-state index is -0.138. The van der Waals surface area contributed by atoms with Crippen LogP contribution in [-0.2, 0) is 4.79 Å². The highest BCUT2D eigenvalue weighted by Gasteiger charge is 2.68. The average molecular weight is 534 g/mol. The largest absolute Gasteiger partial charge is 0.502 e. The van der Waals surface area contributed by atoms with Crippen molar-refractivity contribution in [2.45, 2.75) is 125 Å². The van der Waals surface area contributed by atoms with Gasteiger partial charge < -0.3 is 5.11 Å². The van der Waals surface area contributed by atoms with E-state index in [1.165, 1.54) is 70.6 Å². The van der Waals surface area contributed by atoms with Gasteiger partial charge in [-0.05, 0) is 120 Å². The van der Waals surface area contributed by atoms with Gasteiger partial charge >= 0.3 is 0 Å². The van der Waals surface area contributed by atoms with Crippen molar-refractivity contribution in [1.29, 1.82) is 0 Å². The second-order valence-corrected chi connectivity index (χ2v) is 16.2. The van der Waals surface area contributed by atoms with E-state index in [0.717, 1.165) is 36.6 Å². The molecule has 4 saturated carbocycles. The summed E-state index contributed by atoms with van der Waals surface area (Å²) < 4.78 is 0. The molecule has 0 aromatic heterocycles. The first kappa shape index (κ1) is 29.0. The van der Waals surface area contributed by atoms with Crippen molar-refractivity contribution in [3.8, 4) is 0 Å². The van der Waals surface area contributed by atoms with Crippen LogP contribution in [0.3, 0.4) is 0 Å². The first-order valence-corrected chi connectivity index (χ1v) is 16.2. The van der Waals surface area contributed by atoms with Crippen LogP contribution in [0.2, 0.25) is 0 Å². The van der Waals surface area contributed by atoms with Crippen LogP contribution in [0.5, 0.6) is 0 Å². The molecule has 5 aliphatic rings. The molecule has 0 aromatic rings. The molecule has 0 saturated heterocycles. The maximum atomic E-state index is 10.9. The van der Waals surface area contributed by atoms with Crippen molar-refractivity contribution in [3.63, 3.8) is 0 Å². The topological polar surface area (TPSA) is 49.7 Å². The summed E-state index contributed by atoms with van der Waals surface area (Å²) in [5, 5.41) is 9.86. The van der Waals surface area contributed by atoms with Gasteiger partial charge in [-0.1, -0.05) is 78.9 Å². The molecule has 216 valence electrons. The Kier molecular flexibility index (Phi) is 7.47. The van der Waals surface area contributed by atoms with Gasteiger partial charge in [0, 0.05) is 13.0 Å². The van der Waals surface area contributed by atoms with Crippen molar-refractivity contribution in [3.05, 3.63) is 24.0 Å². The predicted octanol–water partition coefficient (Wildman–Crippen LogP) is 9.31. The standard InChI is InChI=1S/C36H55NO2/c1-8-37-20-19-35(6)29(25-11-9-10-12-25)13-14-31-33(4)17-15-28-26(21-32(2,3)23-27(39)24-38)22-34(28,5)30(33)16-18-36(31,35)7/h22,25,28-31,39H,1,9-21,23H2,2-7H3/t28?,29?,30?,31?,33?,34?,35-,36?/m1/s1. The van der Waals surface area contributed by atoms with Gasteiger partial charge in [0.15, 0.2) is 11.7 Å². The van der Waals surface area contributed by atoms with Gasteiger partial charge in [-0.25, -0.2) is 9.79 Å². The van der Waals surface area contributed by atoms with Crippen molar-refractivity contribution in [2.75, 3.05) is 6.54 Å². The zero-order valence-corrected chi connectivity index (χ0v) is 25.9. The summed E-state index contributed by atoms with van der Waals surface area (Å²) in [4.78, 5) is 15.5. The molecule has 3 nitrogen and oxygen atoms in total. The maximum absolute atomic E-state index is 10.9. The summed E-state index contributed by atoms with van der Waals surface area (Å²) in [6.45, 7) is 19.7. The number of hydrogen-bond donors (Lipinski definition) is 1. The summed E-state index contributed by atoms with van der Waals surface area (Å²) >= 11 is 0. The number of nitrogens with zero attached hydrogens (tertiary/aromatic N) is 1. The molecule has 1 N–H and O–H groups in total. The fourth-order valence-corrected chi connectivity index (χ4v) is 12.1. The second kappa shape index (κ2) is 10.1. The lowest BCUT2D eigenvalue weighted by Gasteiger charge is -2.72. The van der Waals surface area contributed by atoms with E-state index in [1.54, 1.807) is 11.5 Å².